The first kappa shape index (κ1) is 19.5. The van der Waals surface area contributed by atoms with Crippen molar-refractivity contribution in [2.24, 2.45) is 0 Å². The molecule has 0 aliphatic carbocycles. The molecule has 1 heterocycles. The quantitative estimate of drug-likeness (QED) is 0.854. The molecule has 1 aliphatic heterocycles. The Kier molecular flexibility index (Phi) is 5.68. The Hall–Kier alpha value is -3.28. The lowest BCUT2D eigenvalue weighted by molar-refractivity contribution is -0.129. The zero-order valence-corrected chi connectivity index (χ0v) is 16.5. The molecule has 6 heteroatoms. The molecular formula is C22H24N2O4. The van der Waals surface area contributed by atoms with Gasteiger partial charge in [-0.1, -0.05) is 24.3 Å². The smallest absolute Gasteiger partial charge is 0.226 e. The molecule has 2 amide bonds. The minimum atomic E-state index is -0.348. The third-order valence-corrected chi connectivity index (χ3v) is 4.85. The molecule has 0 saturated heterocycles. The number of methoxy groups -OCH3 is 2. The molecule has 2 aromatic carbocycles. The van der Waals surface area contributed by atoms with Gasteiger partial charge in [-0.05, 0) is 35.8 Å². The van der Waals surface area contributed by atoms with Crippen LogP contribution >= 0.6 is 0 Å². The fourth-order valence-corrected chi connectivity index (χ4v) is 3.41. The predicted octanol–water partition coefficient (Wildman–Crippen LogP) is 3.91. The Balaban J connectivity index is 1.84. The predicted molar refractivity (Wildman–Crippen MR) is 108 cm³/mol. The van der Waals surface area contributed by atoms with E-state index < -0.39 is 0 Å². The second-order valence-electron chi connectivity index (χ2n) is 6.66. The summed E-state index contributed by atoms with van der Waals surface area (Å²) in [5.41, 5.74) is 3.48. The summed E-state index contributed by atoms with van der Waals surface area (Å²) in [4.78, 5) is 26.5. The number of ether oxygens (including phenoxy) is 2. The van der Waals surface area contributed by atoms with Crippen LogP contribution in [0.15, 0.2) is 42.6 Å². The zero-order chi connectivity index (χ0) is 20.3. The molecule has 1 N–H and O–H groups in total. The van der Waals surface area contributed by atoms with Crippen LogP contribution in [0.5, 0.6) is 11.5 Å². The molecular weight excluding hydrogens is 356 g/mol. The number of carbonyl (C=O) groups is 2. The van der Waals surface area contributed by atoms with Gasteiger partial charge in [0.2, 0.25) is 11.8 Å². The van der Waals surface area contributed by atoms with Crippen molar-refractivity contribution < 1.29 is 19.1 Å². The van der Waals surface area contributed by atoms with E-state index in [0.717, 1.165) is 16.7 Å². The topological polar surface area (TPSA) is 67.9 Å². The Labute approximate surface area is 164 Å². The summed E-state index contributed by atoms with van der Waals surface area (Å²) in [5.74, 6) is 0.856. The number of amides is 2. The van der Waals surface area contributed by atoms with Crippen molar-refractivity contribution in [1.82, 2.24) is 4.90 Å². The second-order valence-corrected chi connectivity index (χ2v) is 6.66. The van der Waals surface area contributed by atoms with Gasteiger partial charge < -0.3 is 19.7 Å². The van der Waals surface area contributed by atoms with Gasteiger partial charge in [0.25, 0.3) is 0 Å². The molecule has 0 spiro atoms. The second kappa shape index (κ2) is 8.17. The highest BCUT2D eigenvalue weighted by Gasteiger charge is 2.28. The van der Waals surface area contributed by atoms with E-state index in [9.17, 15) is 9.59 Å². The van der Waals surface area contributed by atoms with Crippen LogP contribution in [0.4, 0.5) is 5.69 Å². The summed E-state index contributed by atoms with van der Waals surface area (Å²) in [6.45, 7) is 3.39. The largest absolute Gasteiger partial charge is 0.493 e. The molecule has 146 valence electrons. The van der Waals surface area contributed by atoms with E-state index in [1.165, 1.54) is 6.92 Å². The van der Waals surface area contributed by atoms with E-state index in [4.69, 9.17) is 9.47 Å². The van der Waals surface area contributed by atoms with Crippen molar-refractivity contribution in [3.8, 4) is 11.5 Å². The van der Waals surface area contributed by atoms with Crippen LogP contribution in [0, 0.1) is 6.92 Å². The highest BCUT2D eigenvalue weighted by atomic mass is 16.5. The number of hydrogen-bond acceptors (Lipinski definition) is 4. The molecule has 6 nitrogen and oxygen atoms in total. The lowest BCUT2D eigenvalue weighted by Gasteiger charge is -2.32. The van der Waals surface area contributed by atoms with Crippen LogP contribution in [0.3, 0.4) is 0 Å². The van der Waals surface area contributed by atoms with E-state index in [1.54, 1.807) is 31.4 Å². The van der Waals surface area contributed by atoms with Crippen LogP contribution in [-0.2, 0) is 9.59 Å². The minimum absolute atomic E-state index is 0.106. The minimum Gasteiger partial charge on any atom is -0.493 e. The van der Waals surface area contributed by atoms with Gasteiger partial charge in [-0.2, -0.15) is 0 Å². The fourth-order valence-electron chi connectivity index (χ4n) is 3.41. The van der Waals surface area contributed by atoms with Crippen molar-refractivity contribution in [3.05, 3.63) is 59.3 Å². The van der Waals surface area contributed by atoms with Crippen molar-refractivity contribution in [2.75, 3.05) is 19.5 Å². The molecule has 3 rings (SSSR count). The van der Waals surface area contributed by atoms with Crippen molar-refractivity contribution in [3.63, 3.8) is 0 Å². The van der Waals surface area contributed by atoms with E-state index >= 15 is 0 Å². The van der Waals surface area contributed by atoms with Gasteiger partial charge >= 0.3 is 0 Å². The summed E-state index contributed by atoms with van der Waals surface area (Å²) >= 11 is 0. The van der Waals surface area contributed by atoms with Gasteiger partial charge in [-0.3, -0.25) is 9.59 Å². The highest BCUT2D eigenvalue weighted by molar-refractivity contribution is 5.93. The van der Waals surface area contributed by atoms with E-state index in [2.05, 4.69) is 5.32 Å². The Morgan fingerprint density at radius 3 is 2.46 bits per heavy atom. The Bertz CT molecular complexity index is 936. The van der Waals surface area contributed by atoms with Crippen molar-refractivity contribution in [2.45, 2.75) is 26.3 Å². The highest BCUT2D eigenvalue weighted by Crippen LogP contribution is 2.35. The van der Waals surface area contributed by atoms with Gasteiger partial charge in [-0.25, -0.2) is 0 Å². The number of nitrogens with one attached hydrogen (secondary N) is 1. The van der Waals surface area contributed by atoms with Gasteiger partial charge in [0, 0.05) is 24.9 Å². The Morgan fingerprint density at radius 1 is 1.11 bits per heavy atom. The molecule has 2 aromatic rings. The summed E-state index contributed by atoms with van der Waals surface area (Å²) in [6, 6.07) is 11.0. The SMILES string of the molecule is COc1cc(C)c(NC(=O)C[C@H]2c3ccccc3C=CN2C(C)=O)cc1OC. The molecule has 0 fully saturated rings. The zero-order valence-electron chi connectivity index (χ0n) is 16.5. The maximum absolute atomic E-state index is 12.8. The van der Waals surface area contributed by atoms with Gasteiger partial charge in [-0.15, -0.1) is 0 Å². The molecule has 0 aromatic heterocycles. The Morgan fingerprint density at radius 2 is 1.79 bits per heavy atom. The summed E-state index contributed by atoms with van der Waals surface area (Å²) in [6.07, 6.45) is 3.78. The first-order valence-corrected chi connectivity index (χ1v) is 9.03. The number of carbonyl (C=O) groups excluding carboxylic acids is 2. The number of rotatable bonds is 5. The molecule has 0 radical (unpaired) electrons. The number of aryl methyl sites for hydroxylation is 1. The average molecular weight is 380 g/mol. The van der Waals surface area contributed by atoms with Crippen LogP contribution in [0.1, 0.15) is 36.1 Å². The maximum atomic E-state index is 12.8. The van der Waals surface area contributed by atoms with Crippen molar-refractivity contribution in [1.29, 1.82) is 0 Å². The van der Waals surface area contributed by atoms with Crippen LogP contribution in [-0.4, -0.2) is 30.9 Å². The summed E-state index contributed by atoms with van der Waals surface area (Å²) < 4.78 is 10.6. The molecule has 1 atom stereocenters. The molecule has 0 unspecified atom stereocenters. The lowest BCUT2D eigenvalue weighted by atomic mass is 9.93. The fraction of sp³-hybridized carbons (Fsp3) is 0.273. The van der Waals surface area contributed by atoms with E-state index in [0.29, 0.717) is 17.2 Å². The normalized spacial score (nSPS) is 15.0. The number of nitrogens with zero attached hydrogens (tertiary/aromatic N) is 1. The third-order valence-electron chi connectivity index (χ3n) is 4.85. The van der Waals surface area contributed by atoms with Crippen LogP contribution in [0.2, 0.25) is 0 Å². The van der Waals surface area contributed by atoms with E-state index in [1.807, 2.05) is 43.3 Å². The third kappa shape index (κ3) is 3.86. The standard InChI is InChI=1S/C22H24N2O4/c1-14-11-20(27-3)21(28-4)12-18(14)23-22(26)13-19-17-8-6-5-7-16(17)9-10-24(19)15(2)25/h5-12,19H,13H2,1-4H3,(H,23,26)/t19-/m0/s1. The number of fused-ring (bicyclic) bond motifs is 1. The first-order chi connectivity index (χ1) is 13.4. The van der Waals surface area contributed by atoms with E-state index in [-0.39, 0.29) is 24.3 Å². The van der Waals surface area contributed by atoms with Gasteiger partial charge in [0.15, 0.2) is 11.5 Å². The molecule has 0 saturated carbocycles. The molecule has 1 aliphatic rings. The average Bonchev–Trinajstić information content (AvgIpc) is 2.69. The summed E-state index contributed by atoms with van der Waals surface area (Å²) in [5, 5.41) is 2.94. The maximum Gasteiger partial charge on any atom is 0.226 e. The van der Waals surface area contributed by atoms with Crippen LogP contribution in [0.25, 0.3) is 6.08 Å². The molecule has 0 bridgehead atoms. The van der Waals surface area contributed by atoms with Gasteiger partial charge in [0.1, 0.15) is 0 Å². The summed E-state index contributed by atoms with van der Waals surface area (Å²) in [7, 11) is 3.12. The molecule has 28 heavy (non-hydrogen) atoms. The van der Waals surface area contributed by atoms with Gasteiger partial charge in [0.05, 0.1) is 26.7 Å². The number of benzene rings is 2. The number of hydrogen-bond donors (Lipinski definition) is 1. The number of anilines is 1. The first-order valence-electron chi connectivity index (χ1n) is 9.03. The van der Waals surface area contributed by atoms with Crippen LogP contribution < -0.4 is 14.8 Å². The van der Waals surface area contributed by atoms with Crippen molar-refractivity contribution >= 4 is 23.6 Å². The lowest BCUT2D eigenvalue weighted by Crippen LogP contribution is -2.33. The monoisotopic (exact) mass is 380 g/mol.